The highest BCUT2D eigenvalue weighted by Crippen LogP contribution is 2.18. The smallest absolute Gasteiger partial charge is 0.407 e. The molecular weight excluding hydrogens is 314 g/mol. The van der Waals surface area contributed by atoms with Crippen molar-refractivity contribution < 1.29 is 9.53 Å². The van der Waals surface area contributed by atoms with Crippen LogP contribution >= 0.6 is 11.6 Å². The largest absolute Gasteiger partial charge is 0.445 e. The number of hydrogen-bond acceptors (Lipinski definition) is 4. The normalized spacial score (nSPS) is 10.7. The average Bonchev–Trinajstić information content (AvgIpc) is 2.55. The average molecular weight is 332 g/mol. The second-order valence-corrected chi connectivity index (χ2v) is 5.22. The number of nitrogens with zero attached hydrogens (tertiary/aromatic N) is 1. The number of nitrogens with one attached hydrogen (secondary N) is 1. The molecule has 0 aliphatic carbocycles. The molecule has 1 aromatic heterocycles. The van der Waals surface area contributed by atoms with Crippen LogP contribution in [0.25, 0.3) is 6.08 Å². The van der Waals surface area contributed by atoms with Gasteiger partial charge in [0.2, 0.25) is 0 Å². The predicted octanol–water partition coefficient (Wildman–Crippen LogP) is 3.65. The van der Waals surface area contributed by atoms with Crippen LogP contribution in [0.3, 0.4) is 0 Å². The number of nitrogen functional groups attached to an aromatic ring is 1. The predicted molar refractivity (Wildman–Crippen MR) is 91.9 cm³/mol. The van der Waals surface area contributed by atoms with Crippen LogP contribution in [-0.2, 0) is 11.3 Å². The van der Waals surface area contributed by atoms with Crippen molar-refractivity contribution in [3.63, 3.8) is 0 Å². The van der Waals surface area contributed by atoms with Gasteiger partial charge in [-0.1, -0.05) is 54.1 Å². The first-order valence-electron chi connectivity index (χ1n) is 7.17. The third-order valence-electron chi connectivity index (χ3n) is 2.99. The van der Waals surface area contributed by atoms with Gasteiger partial charge < -0.3 is 15.8 Å². The van der Waals surface area contributed by atoms with E-state index >= 15 is 0 Å². The van der Waals surface area contributed by atoms with E-state index in [0.29, 0.717) is 23.8 Å². The zero-order valence-corrected chi connectivity index (χ0v) is 13.3. The summed E-state index contributed by atoms with van der Waals surface area (Å²) in [5.74, 6) is 0.384. The van der Waals surface area contributed by atoms with Crippen molar-refractivity contribution in [1.82, 2.24) is 10.3 Å². The molecule has 0 atom stereocenters. The minimum absolute atomic E-state index is 0.259. The van der Waals surface area contributed by atoms with Gasteiger partial charge in [0.15, 0.2) is 0 Å². The Balaban J connectivity index is 1.66. The molecule has 0 saturated carbocycles. The third-order valence-corrected chi connectivity index (χ3v) is 3.32. The number of nitrogens with two attached hydrogens (primary N) is 1. The van der Waals surface area contributed by atoms with Crippen molar-refractivity contribution in [2.45, 2.75) is 13.0 Å². The van der Waals surface area contributed by atoms with Crippen LogP contribution in [0.1, 0.15) is 17.5 Å². The van der Waals surface area contributed by atoms with Crippen molar-refractivity contribution in [1.29, 1.82) is 0 Å². The Bertz CT molecular complexity index is 675. The molecule has 0 radical (unpaired) electrons. The van der Waals surface area contributed by atoms with Crippen LogP contribution in [0.15, 0.2) is 48.7 Å². The number of halogens is 1. The minimum atomic E-state index is -0.436. The number of aromatic nitrogens is 1. The molecule has 0 bridgehead atoms. The fourth-order valence-electron chi connectivity index (χ4n) is 1.82. The van der Waals surface area contributed by atoms with Gasteiger partial charge >= 0.3 is 6.09 Å². The molecule has 23 heavy (non-hydrogen) atoms. The summed E-state index contributed by atoms with van der Waals surface area (Å²) in [6.45, 7) is 0.735. The van der Waals surface area contributed by atoms with Crippen molar-refractivity contribution >= 4 is 29.6 Å². The molecule has 2 aromatic rings. The van der Waals surface area contributed by atoms with E-state index in [0.717, 1.165) is 11.1 Å². The molecule has 0 unspecified atom stereocenters. The van der Waals surface area contributed by atoms with Crippen LogP contribution in [0, 0.1) is 0 Å². The van der Waals surface area contributed by atoms with E-state index in [-0.39, 0.29) is 6.61 Å². The van der Waals surface area contributed by atoms with Gasteiger partial charge in [0.25, 0.3) is 0 Å². The number of amides is 1. The molecule has 1 amide bonds. The second-order valence-electron chi connectivity index (χ2n) is 4.81. The topological polar surface area (TPSA) is 77.2 Å². The molecule has 5 nitrogen and oxygen atoms in total. The molecule has 0 fully saturated rings. The lowest BCUT2D eigenvalue weighted by atomic mass is 10.2. The molecule has 0 aliphatic rings. The highest BCUT2D eigenvalue weighted by molar-refractivity contribution is 6.32. The summed E-state index contributed by atoms with van der Waals surface area (Å²) in [6, 6.07) is 11.1. The SMILES string of the molecule is Nc1cc(Cl)c(C=CCCNC(=O)OCc2ccccc2)cn1. The molecule has 0 spiro atoms. The summed E-state index contributed by atoms with van der Waals surface area (Å²) in [4.78, 5) is 15.5. The number of benzene rings is 1. The second kappa shape index (κ2) is 8.80. The molecule has 120 valence electrons. The van der Waals surface area contributed by atoms with E-state index in [1.165, 1.54) is 0 Å². The maximum absolute atomic E-state index is 11.5. The number of hydrogen-bond donors (Lipinski definition) is 2. The number of carbonyl (C=O) groups excluding carboxylic acids is 1. The van der Waals surface area contributed by atoms with E-state index in [2.05, 4.69) is 10.3 Å². The van der Waals surface area contributed by atoms with Crippen LogP contribution in [-0.4, -0.2) is 17.6 Å². The lowest BCUT2D eigenvalue weighted by Gasteiger charge is -2.06. The Morgan fingerprint density at radius 2 is 2.13 bits per heavy atom. The highest BCUT2D eigenvalue weighted by atomic mass is 35.5. The summed E-state index contributed by atoms with van der Waals surface area (Å²) >= 11 is 6.03. The summed E-state index contributed by atoms with van der Waals surface area (Å²) in [5, 5.41) is 3.23. The first-order valence-corrected chi connectivity index (χ1v) is 7.55. The lowest BCUT2D eigenvalue weighted by molar-refractivity contribution is 0.140. The van der Waals surface area contributed by atoms with Gasteiger partial charge in [-0.25, -0.2) is 9.78 Å². The third kappa shape index (κ3) is 6.00. The summed E-state index contributed by atoms with van der Waals surface area (Å²) in [5.41, 5.74) is 7.26. The highest BCUT2D eigenvalue weighted by Gasteiger charge is 2.01. The van der Waals surface area contributed by atoms with Gasteiger partial charge in [-0.15, -0.1) is 0 Å². The molecular formula is C17H18ClN3O2. The number of pyridine rings is 1. The first-order chi connectivity index (χ1) is 11.1. The van der Waals surface area contributed by atoms with Gasteiger partial charge in [-0.05, 0) is 18.1 Å². The van der Waals surface area contributed by atoms with Crippen LogP contribution in [0.5, 0.6) is 0 Å². The Morgan fingerprint density at radius 3 is 2.87 bits per heavy atom. The van der Waals surface area contributed by atoms with Gasteiger partial charge in [0.05, 0.1) is 5.02 Å². The number of rotatable bonds is 6. The van der Waals surface area contributed by atoms with E-state index < -0.39 is 6.09 Å². The summed E-state index contributed by atoms with van der Waals surface area (Å²) < 4.78 is 5.11. The maximum Gasteiger partial charge on any atom is 0.407 e. The number of anilines is 1. The quantitative estimate of drug-likeness (QED) is 0.792. The van der Waals surface area contributed by atoms with Crippen LogP contribution < -0.4 is 11.1 Å². The fourth-order valence-corrected chi connectivity index (χ4v) is 2.04. The molecule has 0 aliphatic heterocycles. The molecule has 6 heteroatoms. The standard InChI is InChI=1S/C17H18ClN3O2/c18-15-10-16(19)21-11-14(15)8-4-5-9-20-17(22)23-12-13-6-2-1-3-7-13/h1-4,6-8,10-11H,5,9,12H2,(H2,19,21)(H,20,22). The summed E-state index contributed by atoms with van der Waals surface area (Å²) in [6.07, 6.45) is 5.56. The molecule has 1 aromatic carbocycles. The zero-order valence-electron chi connectivity index (χ0n) is 12.5. The van der Waals surface area contributed by atoms with Crippen molar-refractivity contribution in [3.8, 4) is 0 Å². The number of ether oxygens (including phenoxy) is 1. The van der Waals surface area contributed by atoms with Crippen molar-refractivity contribution in [3.05, 3.63) is 64.8 Å². The van der Waals surface area contributed by atoms with Gasteiger partial charge in [0, 0.05) is 18.3 Å². The monoisotopic (exact) mass is 331 g/mol. The first kappa shape index (κ1) is 16.8. The van der Waals surface area contributed by atoms with Crippen LogP contribution in [0.4, 0.5) is 10.6 Å². The Morgan fingerprint density at radius 1 is 1.35 bits per heavy atom. The lowest BCUT2D eigenvalue weighted by Crippen LogP contribution is -2.24. The van der Waals surface area contributed by atoms with Crippen molar-refractivity contribution in [2.24, 2.45) is 0 Å². The van der Waals surface area contributed by atoms with Crippen molar-refractivity contribution in [2.75, 3.05) is 12.3 Å². The summed E-state index contributed by atoms with van der Waals surface area (Å²) in [7, 11) is 0. The van der Waals surface area contributed by atoms with Gasteiger partial charge in [-0.2, -0.15) is 0 Å². The van der Waals surface area contributed by atoms with E-state index in [9.17, 15) is 4.79 Å². The molecule has 3 N–H and O–H groups in total. The molecule has 0 saturated heterocycles. The zero-order chi connectivity index (χ0) is 16.5. The molecule has 1 heterocycles. The molecule has 2 rings (SSSR count). The Hall–Kier alpha value is -2.53. The van der Waals surface area contributed by atoms with E-state index in [1.807, 2.05) is 42.5 Å². The minimum Gasteiger partial charge on any atom is -0.445 e. The maximum atomic E-state index is 11.5. The van der Waals surface area contributed by atoms with E-state index in [4.69, 9.17) is 22.1 Å². The Labute approximate surface area is 140 Å². The van der Waals surface area contributed by atoms with Crippen LogP contribution in [0.2, 0.25) is 5.02 Å². The number of carbonyl (C=O) groups is 1. The fraction of sp³-hybridized carbons (Fsp3) is 0.176. The van der Waals surface area contributed by atoms with Gasteiger partial charge in [-0.3, -0.25) is 0 Å². The number of alkyl carbamates (subject to hydrolysis) is 1. The van der Waals surface area contributed by atoms with Gasteiger partial charge in [0.1, 0.15) is 12.4 Å². The van der Waals surface area contributed by atoms with E-state index in [1.54, 1.807) is 12.3 Å². The Kier molecular flexibility index (Phi) is 6.44.